The van der Waals surface area contributed by atoms with Crippen LogP contribution < -0.4 is 15.4 Å². The van der Waals surface area contributed by atoms with Crippen LogP contribution >= 0.6 is 0 Å². The number of rotatable bonds is 2. The monoisotopic (exact) mass is 399 g/mol. The Bertz CT molecular complexity index is 920. The summed E-state index contributed by atoms with van der Waals surface area (Å²) >= 11 is -1.33. The quantitative estimate of drug-likeness (QED) is 0.666. The Morgan fingerprint density at radius 1 is 1.43 bits per heavy atom. The molecule has 8 nitrogen and oxygen atoms in total. The van der Waals surface area contributed by atoms with Crippen LogP contribution in [0, 0.1) is 12.3 Å². The minimum Gasteiger partial charge on any atom is -0.593 e. The topological polar surface area (TPSA) is 113 Å². The Balaban J connectivity index is 1.62. The summed E-state index contributed by atoms with van der Waals surface area (Å²) in [6.45, 7) is 2.36. The minimum atomic E-state index is -1.33. The number of aryl methyl sites for hydroxylation is 1. The zero-order valence-electron chi connectivity index (χ0n) is 15.6. The highest BCUT2D eigenvalue weighted by molar-refractivity contribution is 7.90. The van der Waals surface area contributed by atoms with E-state index in [1.54, 1.807) is 31.4 Å². The van der Waals surface area contributed by atoms with Gasteiger partial charge in [-0.15, -0.1) is 0 Å². The molecule has 146 valence electrons. The van der Waals surface area contributed by atoms with Crippen molar-refractivity contribution in [2.45, 2.75) is 24.6 Å². The SMILES string of the molecule is Cc1ccc(C(=O)Nc2ccc3c(c2)C2NC(=N)N(C)[S+]([O-])[C@H]2CCO3)nc1. The number of guanidine groups is 1. The summed E-state index contributed by atoms with van der Waals surface area (Å²) in [5.41, 5.74) is 2.68. The number of nitrogens with zero attached hydrogens (tertiary/aromatic N) is 2. The van der Waals surface area contributed by atoms with Gasteiger partial charge in [-0.05, 0) is 36.8 Å². The lowest BCUT2D eigenvalue weighted by atomic mass is 10.0. The van der Waals surface area contributed by atoms with Crippen molar-refractivity contribution in [1.29, 1.82) is 5.41 Å². The number of ether oxygens (including phenoxy) is 1. The summed E-state index contributed by atoms with van der Waals surface area (Å²) in [6, 6.07) is 8.56. The third-order valence-electron chi connectivity index (χ3n) is 4.91. The predicted octanol–water partition coefficient (Wildman–Crippen LogP) is 1.97. The van der Waals surface area contributed by atoms with Gasteiger partial charge in [0.05, 0.1) is 25.0 Å². The fourth-order valence-electron chi connectivity index (χ4n) is 3.37. The number of fused-ring (bicyclic) bond motifs is 3. The van der Waals surface area contributed by atoms with Crippen LogP contribution in [0.4, 0.5) is 5.69 Å². The van der Waals surface area contributed by atoms with Gasteiger partial charge in [-0.1, -0.05) is 6.07 Å². The Labute approximate surface area is 166 Å². The average molecular weight is 399 g/mol. The van der Waals surface area contributed by atoms with Gasteiger partial charge >= 0.3 is 0 Å². The van der Waals surface area contributed by atoms with Gasteiger partial charge in [0.25, 0.3) is 5.91 Å². The van der Waals surface area contributed by atoms with Gasteiger partial charge in [0, 0.05) is 23.9 Å². The van der Waals surface area contributed by atoms with Crippen molar-refractivity contribution in [2.24, 2.45) is 0 Å². The van der Waals surface area contributed by atoms with E-state index in [9.17, 15) is 9.35 Å². The second-order valence-electron chi connectivity index (χ2n) is 6.85. The molecule has 9 heteroatoms. The van der Waals surface area contributed by atoms with E-state index < -0.39 is 11.4 Å². The zero-order valence-corrected chi connectivity index (χ0v) is 16.4. The van der Waals surface area contributed by atoms with E-state index in [0.717, 1.165) is 11.1 Å². The van der Waals surface area contributed by atoms with Gasteiger partial charge in [-0.25, -0.2) is 0 Å². The van der Waals surface area contributed by atoms with Crippen LogP contribution in [0.2, 0.25) is 0 Å². The third kappa shape index (κ3) is 3.38. The normalized spacial score (nSPS) is 23.6. The van der Waals surface area contributed by atoms with Crippen molar-refractivity contribution in [3.8, 4) is 5.75 Å². The first-order valence-corrected chi connectivity index (χ1v) is 10.1. The number of hydrogen-bond donors (Lipinski definition) is 3. The Kier molecular flexibility index (Phi) is 4.86. The van der Waals surface area contributed by atoms with Gasteiger partial charge in [0.1, 0.15) is 17.5 Å². The Morgan fingerprint density at radius 3 is 3.00 bits per heavy atom. The van der Waals surface area contributed by atoms with Crippen LogP contribution in [-0.4, -0.2) is 44.6 Å². The first-order chi connectivity index (χ1) is 13.4. The molecule has 1 aromatic heterocycles. The molecule has 3 N–H and O–H groups in total. The summed E-state index contributed by atoms with van der Waals surface area (Å²) in [5, 5.41) is 13.8. The van der Waals surface area contributed by atoms with E-state index >= 15 is 0 Å². The van der Waals surface area contributed by atoms with Gasteiger partial charge < -0.3 is 19.9 Å². The Morgan fingerprint density at radius 2 is 2.25 bits per heavy atom. The fourth-order valence-corrected chi connectivity index (χ4v) is 4.75. The lowest BCUT2D eigenvalue weighted by Gasteiger charge is -2.38. The molecule has 1 saturated heterocycles. The molecule has 2 aliphatic rings. The number of anilines is 1. The number of hydrogen-bond acceptors (Lipinski definition) is 5. The molecule has 0 bridgehead atoms. The van der Waals surface area contributed by atoms with Crippen LogP contribution in [0.3, 0.4) is 0 Å². The molecule has 0 saturated carbocycles. The molecule has 1 aromatic carbocycles. The zero-order chi connectivity index (χ0) is 19.8. The lowest BCUT2D eigenvalue weighted by Crippen LogP contribution is -2.56. The Hall–Kier alpha value is -2.78. The molecule has 3 heterocycles. The summed E-state index contributed by atoms with van der Waals surface area (Å²) in [6.07, 6.45) is 2.25. The molecular formula is C19H21N5O3S. The molecule has 0 radical (unpaired) electrons. The molecular weight excluding hydrogens is 378 g/mol. The highest BCUT2D eigenvalue weighted by Gasteiger charge is 2.45. The van der Waals surface area contributed by atoms with Crippen molar-refractivity contribution in [1.82, 2.24) is 14.6 Å². The van der Waals surface area contributed by atoms with Crippen molar-refractivity contribution in [3.63, 3.8) is 0 Å². The summed E-state index contributed by atoms with van der Waals surface area (Å²) < 4.78 is 20.0. The summed E-state index contributed by atoms with van der Waals surface area (Å²) in [5.74, 6) is 0.463. The van der Waals surface area contributed by atoms with Crippen LogP contribution in [0.5, 0.6) is 5.75 Å². The van der Waals surface area contributed by atoms with E-state index in [4.69, 9.17) is 10.1 Å². The number of benzene rings is 1. The summed E-state index contributed by atoms with van der Waals surface area (Å²) in [4.78, 5) is 16.6. The number of amides is 1. The lowest BCUT2D eigenvalue weighted by molar-refractivity contribution is 0.102. The maximum absolute atomic E-state index is 12.7. The fraction of sp³-hybridized carbons (Fsp3) is 0.316. The predicted molar refractivity (Wildman–Crippen MR) is 107 cm³/mol. The average Bonchev–Trinajstić information content (AvgIpc) is 2.86. The molecule has 0 aliphatic carbocycles. The van der Waals surface area contributed by atoms with Crippen molar-refractivity contribution in [3.05, 3.63) is 53.3 Å². The number of pyridine rings is 1. The molecule has 28 heavy (non-hydrogen) atoms. The van der Waals surface area contributed by atoms with Crippen molar-refractivity contribution in [2.75, 3.05) is 19.0 Å². The van der Waals surface area contributed by atoms with Gasteiger partial charge in [-0.3, -0.25) is 15.2 Å². The second-order valence-corrected chi connectivity index (χ2v) is 8.55. The molecule has 4 rings (SSSR count). The van der Waals surface area contributed by atoms with Gasteiger partial charge in [0.2, 0.25) is 5.96 Å². The van der Waals surface area contributed by atoms with Crippen LogP contribution in [-0.2, 0) is 11.4 Å². The number of carbonyl (C=O) groups is 1. The molecule has 2 aliphatic heterocycles. The molecule has 3 atom stereocenters. The minimum absolute atomic E-state index is 0.103. The van der Waals surface area contributed by atoms with E-state index in [1.165, 1.54) is 4.31 Å². The van der Waals surface area contributed by atoms with E-state index in [-0.39, 0.29) is 23.2 Å². The number of carbonyl (C=O) groups excluding carboxylic acids is 1. The highest BCUT2D eigenvalue weighted by atomic mass is 32.2. The first kappa shape index (κ1) is 18.6. The van der Waals surface area contributed by atoms with E-state index in [1.807, 2.05) is 19.1 Å². The molecule has 2 unspecified atom stereocenters. The number of aromatic nitrogens is 1. The molecule has 2 aromatic rings. The highest BCUT2D eigenvalue weighted by Crippen LogP contribution is 2.39. The first-order valence-electron chi connectivity index (χ1n) is 8.94. The number of nitrogens with one attached hydrogen (secondary N) is 3. The van der Waals surface area contributed by atoms with E-state index in [0.29, 0.717) is 30.2 Å². The maximum Gasteiger partial charge on any atom is 0.274 e. The third-order valence-corrected chi connectivity index (χ3v) is 6.66. The van der Waals surface area contributed by atoms with Crippen LogP contribution in [0.1, 0.15) is 34.1 Å². The smallest absolute Gasteiger partial charge is 0.274 e. The molecule has 1 fully saturated rings. The van der Waals surface area contributed by atoms with Crippen LogP contribution in [0.15, 0.2) is 36.5 Å². The standard InChI is InChI=1S/C19H21N5O3S/c1-11-3-5-14(21-10-11)18(25)22-12-4-6-15-13(9-12)17-16(7-8-27-15)28(26)24(2)19(20)23-17/h3-6,9-10,16-17H,7-8H2,1-2H3,(H2,20,23)(H,22,25)/t16-,17?,28?/m0/s1. The largest absolute Gasteiger partial charge is 0.593 e. The van der Waals surface area contributed by atoms with Gasteiger partial charge in [0.15, 0.2) is 5.25 Å². The van der Waals surface area contributed by atoms with Gasteiger partial charge in [-0.2, -0.15) is 4.31 Å². The second kappa shape index (κ2) is 7.33. The van der Waals surface area contributed by atoms with E-state index in [2.05, 4.69) is 15.6 Å². The summed E-state index contributed by atoms with van der Waals surface area (Å²) in [7, 11) is 1.64. The van der Waals surface area contributed by atoms with Crippen LogP contribution in [0.25, 0.3) is 0 Å². The van der Waals surface area contributed by atoms with Crippen molar-refractivity contribution < 1.29 is 14.1 Å². The van der Waals surface area contributed by atoms with Crippen molar-refractivity contribution >= 4 is 28.9 Å². The molecule has 1 amide bonds. The maximum atomic E-state index is 12.7. The molecule has 0 spiro atoms.